The number of carbonyl (C=O) groups excluding carboxylic acids is 2. The van der Waals surface area contributed by atoms with Crippen molar-refractivity contribution in [3.63, 3.8) is 0 Å². The van der Waals surface area contributed by atoms with Gasteiger partial charge in [0.15, 0.2) is 0 Å². The highest BCUT2D eigenvalue weighted by atomic mass is 35.5. The molecular formula is C22H20ClN3O3. The predicted octanol–water partition coefficient (Wildman–Crippen LogP) is 3.96. The third-order valence-corrected chi connectivity index (χ3v) is 4.49. The van der Waals surface area contributed by atoms with Crippen LogP contribution in [0.15, 0.2) is 73.1 Å². The lowest BCUT2D eigenvalue weighted by Crippen LogP contribution is -2.29. The molecule has 1 heterocycles. The molecule has 2 aromatic carbocycles. The molecule has 0 radical (unpaired) electrons. The molecule has 1 unspecified atom stereocenters. The summed E-state index contributed by atoms with van der Waals surface area (Å²) in [5.74, 6) is -0.750. The molecular weight excluding hydrogens is 390 g/mol. The number of amides is 1. The Morgan fingerprint density at radius 1 is 1.17 bits per heavy atom. The molecule has 148 valence electrons. The number of halogens is 1. The minimum Gasteiger partial charge on any atom is -0.469 e. The van der Waals surface area contributed by atoms with Gasteiger partial charge < -0.3 is 10.1 Å². The quantitative estimate of drug-likeness (QED) is 0.473. The lowest BCUT2D eigenvalue weighted by atomic mass is 10.0. The van der Waals surface area contributed by atoms with E-state index < -0.39 is 12.0 Å². The van der Waals surface area contributed by atoms with Gasteiger partial charge in [0.2, 0.25) is 5.91 Å². The molecule has 29 heavy (non-hydrogen) atoms. The largest absolute Gasteiger partial charge is 0.469 e. The molecule has 0 saturated carbocycles. The maximum absolute atomic E-state index is 12.4. The number of carbonyl (C=O) groups is 2. The number of para-hydroxylation sites is 1. The summed E-state index contributed by atoms with van der Waals surface area (Å²) in [7, 11) is 1.31. The molecule has 0 aliphatic rings. The number of methoxy groups -OCH3 is 1. The van der Waals surface area contributed by atoms with E-state index in [4.69, 9.17) is 16.3 Å². The number of nitrogens with one attached hydrogen (secondary N) is 1. The molecule has 0 aliphatic heterocycles. The lowest BCUT2D eigenvalue weighted by Gasteiger charge is -2.17. The van der Waals surface area contributed by atoms with Crippen LogP contribution in [-0.2, 0) is 14.3 Å². The van der Waals surface area contributed by atoms with E-state index in [0.717, 1.165) is 16.8 Å². The van der Waals surface area contributed by atoms with E-state index in [1.54, 1.807) is 41.2 Å². The van der Waals surface area contributed by atoms with Crippen molar-refractivity contribution in [2.75, 3.05) is 7.11 Å². The fourth-order valence-electron chi connectivity index (χ4n) is 2.73. The van der Waals surface area contributed by atoms with E-state index in [2.05, 4.69) is 10.4 Å². The number of aromatic nitrogens is 2. The third kappa shape index (κ3) is 5.80. The summed E-state index contributed by atoms with van der Waals surface area (Å²) in [5, 5.41) is 7.70. The van der Waals surface area contributed by atoms with Crippen molar-refractivity contribution in [3.8, 4) is 5.69 Å². The number of hydrogen-bond acceptors (Lipinski definition) is 4. The van der Waals surface area contributed by atoms with Crippen molar-refractivity contribution in [2.24, 2.45) is 0 Å². The average molecular weight is 410 g/mol. The fraction of sp³-hybridized carbons (Fsp3) is 0.136. The van der Waals surface area contributed by atoms with Gasteiger partial charge in [-0.3, -0.25) is 9.59 Å². The van der Waals surface area contributed by atoms with Crippen LogP contribution in [0.4, 0.5) is 0 Å². The monoisotopic (exact) mass is 409 g/mol. The van der Waals surface area contributed by atoms with Crippen molar-refractivity contribution in [2.45, 2.75) is 12.5 Å². The number of benzene rings is 2. The van der Waals surface area contributed by atoms with Crippen LogP contribution in [0.25, 0.3) is 11.8 Å². The summed E-state index contributed by atoms with van der Waals surface area (Å²) < 4.78 is 6.46. The summed E-state index contributed by atoms with van der Waals surface area (Å²) in [4.78, 5) is 24.1. The third-order valence-electron chi connectivity index (χ3n) is 4.24. The first-order valence-corrected chi connectivity index (χ1v) is 9.34. The molecule has 1 N–H and O–H groups in total. The van der Waals surface area contributed by atoms with Crippen LogP contribution in [0.2, 0.25) is 5.02 Å². The van der Waals surface area contributed by atoms with E-state index in [0.29, 0.717) is 5.02 Å². The SMILES string of the molecule is COC(=O)CC(NC(=O)/C=C/c1cnn(-c2ccccc2)c1)c1ccc(Cl)cc1. The minimum absolute atomic E-state index is 0.0175. The van der Waals surface area contributed by atoms with Crippen LogP contribution in [0.3, 0.4) is 0 Å². The lowest BCUT2D eigenvalue weighted by molar-refractivity contribution is -0.141. The van der Waals surface area contributed by atoms with Crippen molar-refractivity contribution >= 4 is 29.6 Å². The van der Waals surface area contributed by atoms with Crippen LogP contribution in [-0.4, -0.2) is 28.8 Å². The van der Waals surface area contributed by atoms with Gasteiger partial charge in [0, 0.05) is 22.9 Å². The van der Waals surface area contributed by atoms with Crippen LogP contribution in [0.1, 0.15) is 23.6 Å². The van der Waals surface area contributed by atoms with Gasteiger partial charge in [0.1, 0.15) is 0 Å². The van der Waals surface area contributed by atoms with Gasteiger partial charge in [-0.05, 0) is 35.9 Å². The maximum Gasteiger partial charge on any atom is 0.307 e. The number of ether oxygens (including phenoxy) is 1. The van der Waals surface area contributed by atoms with Gasteiger partial charge in [-0.1, -0.05) is 41.9 Å². The Bertz CT molecular complexity index is 998. The van der Waals surface area contributed by atoms with Gasteiger partial charge in [-0.15, -0.1) is 0 Å². The van der Waals surface area contributed by atoms with Crippen LogP contribution in [0.5, 0.6) is 0 Å². The second-order valence-corrected chi connectivity index (χ2v) is 6.72. The summed E-state index contributed by atoms with van der Waals surface area (Å²) in [6.45, 7) is 0. The van der Waals surface area contributed by atoms with Gasteiger partial charge in [0.25, 0.3) is 0 Å². The Morgan fingerprint density at radius 3 is 2.59 bits per heavy atom. The molecule has 7 heteroatoms. The normalized spacial score (nSPS) is 11.9. The first-order valence-electron chi connectivity index (χ1n) is 8.96. The van der Waals surface area contributed by atoms with Crippen molar-refractivity contribution < 1.29 is 14.3 Å². The standard InChI is InChI=1S/C22H20ClN3O3/c1-29-22(28)13-20(17-8-10-18(23)11-9-17)25-21(27)12-7-16-14-24-26(15-16)19-5-3-2-4-6-19/h2-12,14-15,20H,13H2,1H3,(H,25,27)/b12-7+. The Balaban J connectivity index is 1.68. The number of nitrogens with zero attached hydrogens (tertiary/aromatic N) is 2. The summed E-state index contributed by atoms with van der Waals surface area (Å²) in [5.41, 5.74) is 2.47. The van der Waals surface area contributed by atoms with E-state index in [1.165, 1.54) is 13.2 Å². The van der Waals surface area contributed by atoms with Crippen LogP contribution < -0.4 is 5.32 Å². The molecule has 1 amide bonds. The molecule has 0 saturated heterocycles. The Morgan fingerprint density at radius 2 is 1.90 bits per heavy atom. The molecule has 0 aliphatic carbocycles. The van der Waals surface area contributed by atoms with E-state index >= 15 is 0 Å². The van der Waals surface area contributed by atoms with Crippen molar-refractivity contribution in [1.82, 2.24) is 15.1 Å². The molecule has 6 nitrogen and oxygen atoms in total. The fourth-order valence-corrected chi connectivity index (χ4v) is 2.86. The minimum atomic E-state index is -0.524. The first kappa shape index (κ1) is 20.4. The van der Waals surface area contributed by atoms with Gasteiger partial charge in [-0.25, -0.2) is 4.68 Å². The zero-order valence-electron chi connectivity index (χ0n) is 15.8. The smallest absolute Gasteiger partial charge is 0.307 e. The molecule has 3 rings (SSSR count). The second kappa shape index (κ2) is 9.71. The predicted molar refractivity (Wildman–Crippen MR) is 112 cm³/mol. The van der Waals surface area contributed by atoms with Crippen molar-refractivity contribution in [1.29, 1.82) is 0 Å². The Hall–Kier alpha value is -3.38. The van der Waals surface area contributed by atoms with Crippen molar-refractivity contribution in [3.05, 3.63) is 89.2 Å². The summed E-state index contributed by atoms with van der Waals surface area (Å²) in [6, 6.07) is 16.1. The highest BCUT2D eigenvalue weighted by Crippen LogP contribution is 2.20. The van der Waals surface area contributed by atoms with Gasteiger partial charge in [0.05, 0.1) is 31.5 Å². The molecule has 0 bridgehead atoms. The maximum atomic E-state index is 12.4. The number of esters is 1. The summed E-state index contributed by atoms with van der Waals surface area (Å²) in [6.07, 6.45) is 6.58. The average Bonchev–Trinajstić information content (AvgIpc) is 3.22. The zero-order valence-corrected chi connectivity index (χ0v) is 16.5. The van der Waals surface area contributed by atoms with E-state index in [1.807, 2.05) is 36.5 Å². The van der Waals surface area contributed by atoms with Crippen LogP contribution in [0, 0.1) is 0 Å². The molecule has 0 fully saturated rings. The number of rotatable bonds is 7. The Labute approximate surface area is 173 Å². The van der Waals surface area contributed by atoms with Gasteiger partial charge in [-0.2, -0.15) is 5.10 Å². The second-order valence-electron chi connectivity index (χ2n) is 6.28. The van der Waals surface area contributed by atoms with Crippen LogP contribution >= 0.6 is 11.6 Å². The molecule has 3 aromatic rings. The first-order chi connectivity index (χ1) is 14.0. The number of hydrogen-bond donors (Lipinski definition) is 1. The van der Waals surface area contributed by atoms with E-state index in [9.17, 15) is 9.59 Å². The van der Waals surface area contributed by atoms with E-state index in [-0.39, 0.29) is 12.3 Å². The molecule has 0 spiro atoms. The molecule has 1 atom stereocenters. The highest BCUT2D eigenvalue weighted by molar-refractivity contribution is 6.30. The Kier molecular flexibility index (Phi) is 6.81. The topological polar surface area (TPSA) is 73.2 Å². The highest BCUT2D eigenvalue weighted by Gasteiger charge is 2.18. The zero-order chi connectivity index (χ0) is 20.6. The molecule has 1 aromatic heterocycles. The van der Waals surface area contributed by atoms with Gasteiger partial charge >= 0.3 is 5.97 Å². The summed E-state index contributed by atoms with van der Waals surface area (Å²) >= 11 is 5.92.